The second kappa shape index (κ2) is 9.55. The number of alkyl halides is 3. The predicted molar refractivity (Wildman–Crippen MR) is 98.7 cm³/mol. The third-order valence-corrected chi connectivity index (χ3v) is 3.03. The molecule has 0 aliphatic carbocycles. The Morgan fingerprint density at radius 1 is 1.08 bits per heavy atom. The summed E-state index contributed by atoms with van der Waals surface area (Å²) < 4.78 is 66.4. The van der Waals surface area contributed by atoms with Gasteiger partial charge in [0.1, 0.15) is 17.4 Å². The molecule has 0 aliphatic heterocycles. The smallest absolute Gasteiger partial charge is 0.406 e. The SMILES string of the molecule is I.NC(=NCCc1cc(F)ccc1F)Nc1ccc(OC(F)(F)F)cc1. The molecule has 0 spiro atoms. The molecule has 0 atom stereocenters. The monoisotopic (exact) mass is 487 g/mol. The lowest BCUT2D eigenvalue weighted by molar-refractivity contribution is -0.274. The summed E-state index contributed by atoms with van der Waals surface area (Å²) in [5.41, 5.74) is 6.20. The number of nitrogens with one attached hydrogen (secondary N) is 1. The van der Waals surface area contributed by atoms with Crippen molar-refractivity contribution in [1.82, 2.24) is 0 Å². The van der Waals surface area contributed by atoms with Crippen LogP contribution < -0.4 is 15.8 Å². The Hall–Kier alpha value is -2.11. The number of halogens is 6. The molecule has 0 aromatic heterocycles. The molecule has 0 radical (unpaired) electrons. The largest absolute Gasteiger partial charge is 0.573 e. The number of anilines is 1. The molecule has 10 heteroatoms. The van der Waals surface area contributed by atoms with Crippen LogP contribution in [-0.4, -0.2) is 18.9 Å². The minimum absolute atomic E-state index is 0. The Labute approximate surface area is 163 Å². The average Bonchev–Trinajstić information content (AvgIpc) is 2.51. The summed E-state index contributed by atoms with van der Waals surface area (Å²) in [7, 11) is 0. The van der Waals surface area contributed by atoms with Gasteiger partial charge in [-0.2, -0.15) is 0 Å². The van der Waals surface area contributed by atoms with Gasteiger partial charge in [-0.05, 0) is 54.4 Å². The fourth-order valence-electron chi connectivity index (χ4n) is 1.96. The number of hydrogen-bond donors (Lipinski definition) is 2. The normalized spacial score (nSPS) is 11.7. The highest BCUT2D eigenvalue weighted by Crippen LogP contribution is 2.23. The third-order valence-electron chi connectivity index (χ3n) is 3.03. The van der Waals surface area contributed by atoms with E-state index in [-0.39, 0.29) is 54.2 Å². The van der Waals surface area contributed by atoms with Crippen molar-refractivity contribution in [2.45, 2.75) is 12.8 Å². The van der Waals surface area contributed by atoms with Gasteiger partial charge in [0.2, 0.25) is 0 Å². The predicted octanol–water partition coefficient (Wildman–Crippen LogP) is 4.45. The molecule has 142 valence electrons. The van der Waals surface area contributed by atoms with Crippen molar-refractivity contribution in [3.8, 4) is 5.75 Å². The minimum atomic E-state index is -4.76. The highest BCUT2D eigenvalue weighted by Gasteiger charge is 2.30. The average molecular weight is 487 g/mol. The van der Waals surface area contributed by atoms with Crippen LogP contribution in [0.15, 0.2) is 47.5 Å². The summed E-state index contributed by atoms with van der Waals surface area (Å²) in [6.45, 7) is 0.106. The van der Waals surface area contributed by atoms with E-state index in [1.165, 1.54) is 12.1 Å². The summed E-state index contributed by atoms with van der Waals surface area (Å²) >= 11 is 0. The van der Waals surface area contributed by atoms with Crippen molar-refractivity contribution < 1.29 is 26.7 Å². The molecule has 0 saturated heterocycles. The van der Waals surface area contributed by atoms with Gasteiger partial charge in [0.25, 0.3) is 0 Å². The first-order chi connectivity index (χ1) is 11.7. The number of nitrogens with zero attached hydrogens (tertiary/aromatic N) is 1. The number of benzene rings is 2. The molecule has 0 bridgehead atoms. The fourth-order valence-corrected chi connectivity index (χ4v) is 1.96. The molecule has 4 nitrogen and oxygen atoms in total. The molecular weight excluding hydrogens is 472 g/mol. The van der Waals surface area contributed by atoms with Crippen LogP contribution in [-0.2, 0) is 6.42 Å². The highest BCUT2D eigenvalue weighted by atomic mass is 127. The number of ether oxygens (including phenoxy) is 1. The first-order valence-corrected chi connectivity index (χ1v) is 7.09. The molecular formula is C16H15F5IN3O. The van der Waals surface area contributed by atoms with Gasteiger partial charge in [-0.1, -0.05) is 0 Å². The fraction of sp³-hybridized carbons (Fsp3) is 0.188. The molecule has 2 rings (SSSR count). The van der Waals surface area contributed by atoms with Crippen molar-refractivity contribution in [2.24, 2.45) is 10.7 Å². The van der Waals surface area contributed by atoms with Crippen LogP contribution in [0.5, 0.6) is 5.75 Å². The lowest BCUT2D eigenvalue weighted by atomic mass is 10.1. The van der Waals surface area contributed by atoms with Crippen molar-refractivity contribution in [3.63, 3.8) is 0 Å². The molecule has 0 fully saturated rings. The van der Waals surface area contributed by atoms with Gasteiger partial charge in [0.05, 0.1) is 0 Å². The molecule has 3 N–H and O–H groups in total. The van der Waals surface area contributed by atoms with Crippen LogP contribution in [0.2, 0.25) is 0 Å². The maximum absolute atomic E-state index is 13.4. The van der Waals surface area contributed by atoms with Crippen LogP contribution in [0.1, 0.15) is 5.56 Å². The number of aliphatic imine (C=N–C) groups is 1. The van der Waals surface area contributed by atoms with Gasteiger partial charge >= 0.3 is 6.36 Å². The van der Waals surface area contributed by atoms with Crippen LogP contribution in [0.3, 0.4) is 0 Å². The molecule has 2 aromatic rings. The Kier molecular flexibility index (Phi) is 8.06. The van der Waals surface area contributed by atoms with Gasteiger partial charge in [-0.25, -0.2) is 8.78 Å². The zero-order valence-electron chi connectivity index (χ0n) is 13.2. The van der Waals surface area contributed by atoms with E-state index in [0.717, 1.165) is 30.3 Å². The summed E-state index contributed by atoms with van der Waals surface area (Å²) in [5, 5.41) is 2.67. The van der Waals surface area contributed by atoms with Gasteiger partial charge < -0.3 is 15.8 Å². The molecule has 2 aromatic carbocycles. The summed E-state index contributed by atoms with van der Waals surface area (Å²) in [5.74, 6) is -1.47. The maximum atomic E-state index is 13.4. The molecule has 0 unspecified atom stereocenters. The second-order valence-corrected chi connectivity index (χ2v) is 4.95. The van der Waals surface area contributed by atoms with Gasteiger partial charge in [0, 0.05) is 12.2 Å². The van der Waals surface area contributed by atoms with Gasteiger partial charge in [-0.15, -0.1) is 37.1 Å². The zero-order chi connectivity index (χ0) is 18.4. The molecule has 0 aliphatic rings. The number of hydrogen-bond acceptors (Lipinski definition) is 2. The van der Waals surface area contributed by atoms with E-state index >= 15 is 0 Å². The van der Waals surface area contributed by atoms with E-state index in [1.54, 1.807) is 0 Å². The number of guanidine groups is 1. The quantitative estimate of drug-likeness (QED) is 0.284. The number of rotatable bonds is 5. The third kappa shape index (κ3) is 7.42. The Morgan fingerprint density at radius 3 is 2.35 bits per heavy atom. The Morgan fingerprint density at radius 2 is 1.73 bits per heavy atom. The van der Waals surface area contributed by atoms with Gasteiger partial charge in [0.15, 0.2) is 5.96 Å². The van der Waals surface area contributed by atoms with E-state index in [9.17, 15) is 22.0 Å². The molecule has 0 amide bonds. The summed E-state index contributed by atoms with van der Waals surface area (Å²) in [4.78, 5) is 3.95. The van der Waals surface area contributed by atoms with E-state index < -0.39 is 18.0 Å². The Bertz CT molecular complexity index is 751. The first-order valence-electron chi connectivity index (χ1n) is 7.09. The van der Waals surface area contributed by atoms with E-state index in [4.69, 9.17) is 5.73 Å². The highest BCUT2D eigenvalue weighted by molar-refractivity contribution is 14.0. The van der Waals surface area contributed by atoms with Crippen LogP contribution >= 0.6 is 24.0 Å². The van der Waals surface area contributed by atoms with Crippen molar-refractivity contribution >= 4 is 35.6 Å². The number of nitrogens with two attached hydrogens (primary N) is 1. The Balaban J connectivity index is 0.00000338. The second-order valence-electron chi connectivity index (χ2n) is 4.95. The van der Waals surface area contributed by atoms with E-state index in [1.807, 2.05) is 0 Å². The van der Waals surface area contributed by atoms with Crippen LogP contribution in [0, 0.1) is 11.6 Å². The minimum Gasteiger partial charge on any atom is -0.406 e. The maximum Gasteiger partial charge on any atom is 0.573 e. The lowest BCUT2D eigenvalue weighted by Crippen LogP contribution is -2.23. The van der Waals surface area contributed by atoms with Crippen molar-refractivity contribution in [2.75, 3.05) is 11.9 Å². The topological polar surface area (TPSA) is 59.6 Å². The first kappa shape index (κ1) is 21.9. The molecule has 0 heterocycles. The molecule has 26 heavy (non-hydrogen) atoms. The van der Waals surface area contributed by atoms with Gasteiger partial charge in [-0.3, -0.25) is 4.99 Å². The zero-order valence-corrected chi connectivity index (χ0v) is 15.5. The van der Waals surface area contributed by atoms with Crippen LogP contribution in [0.4, 0.5) is 27.6 Å². The van der Waals surface area contributed by atoms with Crippen LogP contribution in [0.25, 0.3) is 0 Å². The summed E-state index contributed by atoms with van der Waals surface area (Å²) in [6, 6.07) is 8.01. The van der Waals surface area contributed by atoms with Crippen molar-refractivity contribution in [1.29, 1.82) is 0 Å². The van der Waals surface area contributed by atoms with Crippen molar-refractivity contribution in [3.05, 3.63) is 59.7 Å². The van der Waals surface area contributed by atoms with E-state index in [0.29, 0.717) is 5.69 Å². The molecule has 0 saturated carbocycles. The van der Waals surface area contributed by atoms with E-state index in [2.05, 4.69) is 15.0 Å². The standard InChI is InChI=1S/C16H14F5N3O.HI/c17-11-1-6-14(18)10(9-11)7-8-23-15(22)24-12-2-4-13(5-3-12)25-16(19,20)21;/h1-6,9H,7-8H2,(H3,22,23,24);1H. The summed E-state index contributed by atoms with van der Waals surface area (Å²) in [6.07, 6.45) is -4.62. The lowest BCUT2D eigenvalue weighted by Gasteiger charge is -2.10.